The molecule has 0 radical (unpaired) electrons. The molecule has 0 aliphatic carbocycles. The van der Waals surface area contributed by atoms with Crippen molar-refractivity contribution in [2.45, 2.75) is 19.4 Å². The summed E-state index contributed by atoms with van der Waals surface area (Å²) < 4.78 is 10.7. The molecule has 1 atom stereocenters. The van der Waals surface area contributed by atoms with E-state index in [1.807, 2.05) is 73.8 Å². The van der Waals surface area contributed by atoms with Crippen LogP contribution in [0.5, 0.6) is 11.5 Å². The van der Waals surface area contributed by atoms with Crippen molar-refractivity contribution in [3.05, 3.63) is 83.6 Å². The molecule has 33 heavy (non-hydrogen) atoms. The van der Waals surface area contributed by atoms with E-state index in [2.05, 4.69) is 10.3 Å². The number of hydrogen-bond donors (Lipinski definition) is 3. The number of amides is 1. The van der Waals surface area contributed by atoms with E-state index < -0.39 is 0 Å². The predicted octanol–water partition coefficient (Wildman–Crippen LogP) is 4.49. The number of methoxy groups -OCH3 is 2. The van der Waals surface area contributed by atoms with Crippen molar-refractivity contribution in [1.82, 2.24) is 10.3 Å². The third-order valence-corrected chi connectivity index (χ3v) is 5.88. The van der Waals surface area contributed by atoms with Crippen molar-refractivity contribution < 1.29 is 19.4 Å². The van der Waals surface area contributed by atoms with Gasteiger partial charge in [-0.15, -0.1) is 0 Å². The number of benzene rings is 3. The molecule has 4 rings (SSSR count). The molecule has 0 spiro atoms. The first-order valence-corrected chi connectivity index (χ1v) is 10.8. The van der Waals surface area contributed by atoms with Crippen molar-refractivity contribution in [2.24, 2.45) is 0 Å². The Bertz CT molecular complexity index is 1280. The topological polar surface area (TPSA) is 83.6 Å². The van der Waals surface area contributed by atoms with Crippen LogP contribution in [0.15, 0.2) is 66.9 Å². The first-order chi connectivity index (χ1) is 16.0. The summed E-state index contributed by atoms with van der Waals surface area (Å²) in [6.45, 7) is 1.76. The summed E-state index contributed by atoms with van der Waals surface area (Å²) in [7, 11) is 3.21. The number of aromatic nitrogens is 1. The number of para-hydroxylation sites is 1. The van der Waals surface area contributed by atoms with Gasteiger partial charge in [-0.25, -0.2) is 0 Å². The Morgan fingerprint density at radius 2 is 1.73 bits per heavy atom. The highest BCUT2D eigenvalue weighted by molar-refractivity contribution is 5.96. The van der Waals surface area contributed by atoms with Crippen LogP contribution in [0.4, 0.5) is 0 Å². The average Bonchev–Trinajstić information content (AvgIpc) is 3.25. The van der Waals surface area contributed by atoms with E-state index in [0.29, 0.717) is 23.5 Å². The van der Waals surface area contributed by atoms with Gasteiger partial charge >= 0.3 is 0 Å². The number of H-pyrrole nitrogens is 1. The first kappa shape index (κ1) is 22.4. The van der Waals surface area contributed by atoms with Gasteiger partial charge in [0.25, 0.3) is 5.91 Å². The van der Waals surface area contributed by atoms with Crippen LogP contribution in [0.2, 0.25) is 0 Å². The summed E-state index contributed by atoms with van der Waals surface area (Å²) in [6.07, 6.45) is 2.47. The van der Waals surface area contributed by atoms with E-state index in [4.69, 9.17) is 9.47 Å². The fourth-order valence-electron chi connectivity index (χ4n) is 4.10. The lowest BCUT2D eigenvalue weighted by molar-refractivity contribution is 0.0916. The van der Waals surface area contributed by atoms with Gasteiger partial charge < -0.3 is 24.9 Å². The molecule has 6 nitrogen and oxygen atoms in total. The van der Waals surface area contributed by atoms with Crippen LogP contribution in [0.3, 0.4) is 0 Å². The van der Waals surface area contributed by atoms with Gasteiger partial charge in [0.2, 0.25) is 0 Å². The molecule has 0 saturated heterocycles. The number of carbonyl (C=O) groups excluding carboxylic acids is 1. The summed E-state index contributed by atoms with van der Waals surface area (Å²) in [5, 5.41) is 14.0. The second-order valence-electron chi connectivity index (χ2n) is 8.02. The Balaban J connectivity index is 1.51. The molecule has 0 aliphatic rings. The van der Waals surface area contributed by atoms with Crippen LogP contribution < -0.4 is 14.8 Å². The molecule has 6 heteroatoms. The minimum Gasteiger partial charge on any atom is -0.493 e. The molecular formula is C27H28N2O4. The van der Waals surface area contributed by atoms with Gasteiger partial charge in [0.15, 0.2) is 11.5 Å². The number of hydrogen-bond acceptors (Lipinski definition) is 4. The van der Waals surface area contributed by atoms with Crippen LogP contribution in [-0.2, 0) is 6.42 Å². The number of ether oxygens (including phenoxy) is 2. The number of aromatic amines is 1. The number of rotatable bonds is 8. The monoisotopic (exact) mass is 444 g/mol. The average molecular weight is 445 g/mol. The standard InChI is InChI=1S/C27H28N2O4/c1-17-12-18(19-9-11-25(32-2)26(14-19)33-3)8-10-22(17)27(31)29-21(16-30)13-20-15-28-24-7-5-4-6-23(20)24/h4-12,14-15,21,28,30H,13,16H2,1-3H3,(H,29,31)/t21-/m1/s1. The maximum Gasteiger partial charge on any atom is 0.251 e. The van der Waals surface area contributed by atoms with Crippen LogP contribution in [0.1, 0.15) is 21.5 Å². The lowest BCUT2D eigenvalue weighted by Gasteiger charge is -2.17. The Hall–Kier alpha value is -3.77. The number of carbonyl (C=O) groups is 1. The van der Waals surface area contributed by atoms with E-state index >= 15 is 0 Å². The Labute approximate surface area is 193 Å². The fourth-order valence-corrected chi connectivity index (χ4v) is 4.10. The lowest BCUT2D eigenvalue weighted by Crippen LogP contribution is -2.39. The van der Waals surface area contributed by atoms with Crippen LogP contribution in [-0.4, -0.2) is 42.9 Å². The van der Waals surface area contributed by atoms with E-state index in [-0.39, 0.29) is 18.6 Å². The molecular weight excluding hydrogens is 416 g/mol. The normalized spacial score (nSPS) is 11.9. The second kappa shape index (κ2) is 9.79. The molecule has 0 aliphatic heterocycles. The van der Waals surface area contributed by atoms with Gasteiger partial charge in [-0.05, 0) is 59.9 Å². The summed E-state index contributed by atoms with van der Waals surface area (Å²) in [6, 6.07) is 19.1. The molecule has 0 bridgehead atoms. The van der Waals surface area contributed by atoms with E-state index in [1.165, 1.54) is 0 Å². The van der Waals surface area contributed by atoms with Crippen LogP contribution in [0, 0.1) is 6.92 Å². The number of aryl methyl sites for hydroxylation is 1. The second-order valence-corrected chi connectivity index (χ2v) is 8.02. The maximum absolute atomic E-state index is 13.0. The van der Waals surface area contributed by atoms with Gasteiger partial charge in [-0.1, -0.05) is 36.4 Å². The molecule has 0 saturated carbocycles. The van der Waals surface area contributed by atoms with Crippen molar-refractivity contribution in [1.29, 1.82) is 0 Å². The van der Waals surface area contributed by atoms with Crippen molar-refractivity contribution >= 4 is 16.8 Å². The number of fused-ring (bicyclic) bond motifs is 1. The summed E-state index contributed by atoms with van der Waals surface area (Å²) >= 11 is 0. The maximum atomic E-state index is 13.0. The van der Waals surface area contributed by atoms with Crippen LogP contribution in [0.25, 0.3) is 22.0 Å². The number of nitrogens with one attached hydrogen (secondary N) is 2. The van der Waals surface area contributed by atoms with E-state index in [1.54, 1.807) is 14.2 Å². The summed E-state index contributed by atoms with van der Waals surface area (Å²) in [5.74, 6) is 1.11. The molecule has 0 fully saturated rings. The molecule has 3 N–H and O–H groups in total. The Morgan fingerprint density at radius 3 is 2.45 bits per heavy atom. The van der Waals surface area contributed by atoms with Gasteiger partial charge in [0.05, 0.1) is 26.9 Å². The van der Waals surface area contributed by atoms with Crippen molar-refractivity contribution in [3.63, 3.8) is 0 Å². The first-order valence-electron chi connectivity index (χ1n) is 10.8. The lowest BCUT2D eigenvalue weighted by atomic mass is 9.98. The predicted molar refractivity (Wildman–Crippen MR) is 130 cm³/mol. The summed E-state index contributed by atoms with van der Waals surface area (Å²) in [4.78, 5) is 16.2. The van der Waals surface area contributed by atoms with E-state index in [0.717, 1.165) is 33.2 Å². The zero-order valence-corrected chi connectivity index (χ0v) is 19.0. The minimum absolute atomic E-state index is 0.145. The zero-order chi connectivity index (χ0) is 23.4. The smallest absolute Gasteiger partial charge is 0.251 e. The molecule has 1 heterocycles. The molecule has 170 valence electrons. The number of aliphatic hydroxyl groups is 1. The highest BCUT2D eigenvalue weighted by Gasteiger charge is 2.17. The van der Waals surface area contributed by atoms with Gasteiger partial charge in [-0.3, -0.25) is 4.79 Å². The summed E-state index contributed by atoms with van der Waals surface area (Å²) in [5.41, 5.74) is 5.47. The zero-order valence-electron chi connectivity index (χ0n) is 19.0. The molecule has 3 aromatic carbocycles. The quantitative estimate of drug-likeness (QED) is 0.374. The van der Waals surface area contributed by atoms with Gasteiger partial charge in [0, 0.05) is 22.7 Å². The van der Waals surface area contributed by atoms with E-state index in [9.17, 15) is 9.90 Å². The molecule has 0 unspecified atom stereocenters. The highest BCUT2D eigenvalue weighted by Crippen LogP contribution is 2.33. The van der Waals surface area contributed by atoms with Crippen molar-refractivity contribution in [2.75, 3.05) is 20.8 Å². The minimum atomic E-state index is -0.387. The largest absolute Gasteiger partial charge is 0.493 e. The van der Waals surface area contributed by atoms with Gasteiger partial charge in [-0.2, -0.15) is 0 Å². The Morgan fingerprint density at radius 1 is 1.00 bits per heavy atom. The molecule has 4 aromatic rings. The van der Waals surface area contributed by atoms with Crippen LogP contribution >= 0.6 is 0 Å². The van der Waals surface area contributed by atoms with Gasteiger partial charge in [0.1, 0.15) is 0 Å². The molecule has 1 aromatic heterocycles. The van der Waals surface area contributed by atoms with Crippen molar-refractivity contribution in [3.8, 4) is 22.6 Å². The highest BCUT2D eigenvalue weighted by atomic mass is 16.5. The third kappa shape index (κ3) is 4.71. The third-order valence-electron chi connectivity index (χ3n) is 5.88. The SMILES string of the molecule is COc1ccc(-c2ccc(C(=O)N[C@@H](CO)Cc3c[nH]c4ccccc34)c(C)c2)cc1OC. The number of aliphatic hydroxyl groups excluding tert-OH is 1. The molecule has 1 amide bonds. The fraction of sp³-hybridized carbons (Fsp3) is 0.222. The Kier molecular flexibility index (Phi) is 6.66.